The van der Waals surface area contributed by atoms with Crippen LogP contribution in [-0.2, 0) is 15.6 Å². The fourth-order valence-corrected chi connectivity index (χ4v) is 2.80. The second kappa shape index (κ2) is 4.63. The zero-order valence-electron chi connectivity index (χ0n) is 8.88. The number of benzene rings is 1. The predicted molar refractivity (Wildman–Crippen MR) is 61.5 cm³/mol. The third kappa shape index (κ3) is 2.88. The van der Waals surface area contributed by atoms with Crippen LogP contribution in [0, 0.1) is 5.82 Å². The Morgan fingerprint density at radius 1 is 1.18 bits per heavy atom. The van der Waals surface area contributed by atoms with Gasteiger partial charge in [-0.25, -0.2) is 12.8 Å². The predicted octanol–water partition coefficient (Wildman–Crippen LogP) is 2.19. The maximum atomic E-state index is 13.0. The van der Waals surface area contributed by atoms with Crippen LogP contribution in [0.25, 0.3) is 0 Å². The molecule has 0 radical (unpaired) electrons. The number of pyridine rings is 1. The van der Waals surface area contributed by atoms with Gasteiger partial charge in [0, 0.05) is 12.4 Å². The Kier molecular flexibility index (Phi) is 3.19. The van der Waals surface area contributed by atoms with Gasteiger partial charge in [-0.3, -0.25) is 4.98 Å². The standard InChI is InChI=1S/C12H10FNO2S/c13-11-4-1-5-12(7-11)17(15,16)9-10-3-2-6-14-8-10/h1-8H,9H2. The third-order valence-electron chi connectivity index (χ3n) is 2.23. The Morgan fingerprint density at radius 2 is 2.00 bits per heavy atom. The number of rotatable bonds is 3. The zero-order chi connectivity index (χ0) is 12.3. The summed E-state index contributed by atoms with van der Waals surface area (Å²) in [5.41, 5.74) is 0.580. The minimum Gasteiger partial charge on any atom is -0.264 e. The molecule has 1 aromatic heterocycles. The molecule has 0 saturated carbocycles. The molecule has 0 fully saturated rings. The number of aromatic nitrogens is 1. The van der Waals surface area contributed by atoms with Crippen molar-refractivity contribution < 1.29 is 12.8 Å². The molecule has 1 heterocycles. The van der Waals surface area contributed by atoms with E-state index in [2.05, 4.69) is 4.98 Å². The highest BCUT2D eigenvalue weighted by atomic mass is 32.2. The molecule has 0 aliphatic carbocycles. The van der Waals surface area contributed by atoms with Crippen LogP contribution in [-0.4, -0.2) is 13.4 Å². The molecule has 2 aromatic rings. The van der Waals surface area contributed by atoms with Gasteiger partial charge in [-0.05, 0) is 29.8 Å². The van der Waals surface area contributed by atoms with E-state index in [0.29, 0.717) is 5.56 Å². The average Bonchev–Trinajstić information content (AvgIpc) is 2.30. The number of hydrogen-bond acceptors (Lipinski definition) is 3. The van der Waals surface area contributed by atoms with Crippen molar-refractivity contribution in [3.05, 3.63) is 60.2 Å². The summed E-state index contributed by atoms with van der Waals surface area (Å²) < 4.78 is 36.9. The van der Waals surface area contributed by atoms with Gasteiger partial charge in [0.25, 0.3) is 0 Å². The molecular weight excluding hydrogens is 241 g/mol. The highest BCUT2D eigenvalue weighted by Crippen LogP contribution is 2.16. The third-order valence-corrected chi connectivity index (χ3v) is 3.92. The van der Waals surface area contributed by atoms with Crippen LogP contribution in [0.4, 0.5) is 4.39 Å². The van der Waals surface area contributed by atoms with Crippen molar-refractivity contribution in [3.63, 3.8) is 0 Å². The largest absolute Gasteiger partial charge is 0.264 e. The Bertz CT molecular complexity index is 611. The molecule has 3 nitrogen and oxygen atoms in total. The summed E-state index contributed by atoms with van der Waals surface area (Å²) in [4.78, 5) is 3.83. The van der Waals surface area contributed by atoms with Crippen LogP contribution < -0.4 is 0 Å². The Labute approximate surface area is 98.9 Å². The van der Waals surface area contributed by atoms with Gasteiger partial charge in [0.1, 0.15) is 5.82 Å². The van der Waals surface area contributed by atoms with Gasteiger partial charge in [-0.2, -0.15) is 0 Å². The molecular formula is C12H10FNO2S. The van der Waals surface area contributed by atoms with Crippen LogP contribution in [0.1, 0.15) is 5.56 Å². The molecule has 0 bridgehead atoms. The fraction of sp³-hybridized carbons (Fsp3) is 0.0833. The summed E-state index contributed by atoms with van der Waals surface area (Å²) in [6.07, 6.45) is 3.05. The van der Waals surface area contributed by atoms with E-state index in [0.717, 1.165) is 6.07 Å². The lowest BCUT2D eigenvalue weighted by molar-refractivity contribution is 0.590. The molecule has 0 spiro atoms. The number of sulfone groups is 1. The van der Waals surface area contributed by atoms with Gasteiger partial charge in [0.2, 0.25) is 0 Å². The van der Waals surface area contributed by atoms with E-state index < -0.39 is 15.7 Å². The Hall–Kier alpha value is -1.75. The summed E-state index contributed by atoms with van der Waals surface area (Å²) in [5.74, 6) is -0.734. The van der Waals surface area contributed by atoms with E-state index in [9.17, 15) is 12.8 Å². The van der Waals surface area contributed by atoms with Gasteiger partial charge >= 0.3 is 0 Å². The van der Waals surface area contributed by atoms with Gasteiger partial charge in [0.15, 0.2) is 9.84 Å². The minimum atomic E-state index is -3.52. The van der Waals surface area contributed by atoms with Crippen molar-refractivity contribution in [2.45, 2.75) is 10.6 Å². The van der Waals surface area contributed by atoms with Crippen molar-refractivity contribution in [1.29, 1.82) is 0 Å². The van der Waals surface area contributed by atoms with Crippen molar-refractivity contribution in [2.75, 3.05) is 0 Å². The second-order valence-electron chi connectivity index (χ2n) is 3.58. The molecule has 0 aliphatic rings. The summed E-state index contributed by atoms with van der Waals surface area (Å²) in [5, 5.41) is 0. The average molecular weight is 251 g/mol. The van der Waals surface area contributed by atoms with E-state index in [4.69, 9.17) is 0 Å². The summed E-state index contributed by atoms with van der Waals surface area (Å²) in [6, 6.07) is 8.33. The normalized spacial score (nSPS) is 11.4. The molecule has 0 atom stereocenters. The van der Waals surface area contributed by atoms with Crippen molar-refractivity contribution in [2.24, 2.45) is 0 Å². The summed E-state index contributed by atoms with van der Waals surface area (Å²) in [6.45, 7) is 0. The minimum absolute atomic E-state index is 0.0126. The van der Waals surface area contributed by atoms with Crippen LogP contribution in [0.2, 0.25) is 0 Å². The molecule has 0 amide bonds. The highest BCUT2D eigenvalue weighted by Gasteiger charge is 2.15. The summed E-state index contributed by atoms with van der Waals surface area (Å²) in [7, 11) is -3.52. The SMILES string of the molecule is O=S(=O)(Cc1cccnc1)c1cccc(F)c1. The number of nitrogens with zero attached hydrogens (tertiary/aromatic N) is 1. The van der Waals surface area contributed by atoms with Gasteiger partial charge < -0.3 is 0 Å². The molecule has 5 heteroatoms. The van der Waals surface area contributed by atoms with E-state index in [1.54, 1.807) is 18.3 Å². The van der Waals surface area contributed by atoms with Crippen molar-refractivity contribution in [1.82, 2.24) is 4.98 Å². The molecule has 1 aromatic carbocycles. The van der Waals surface area contributed by atoms with Crippen molar-refractivity contribution in [3.8, 4) is 0 Å². The first kappa shape index (κ1) is 11.7. The topological polar surface area (TPSA) is 47.0 Å². The van der Waals surface area contributed by atoms with E-state index in [1.165, 1.54) is 24.4 Å². The van der Waals surface area contributed by atoms with Gasteiger partial charge in [-0.1, -0.05) is 12.1 Å². The lowest BCUT2D eigenvalue weighted by atomic mass is 10.3. The maximum Gasteiger partial charge on any atom is 0.182 e. The van der Waals surface area contributed by atoms with Crippen LogP contribution >= 0.6 is 0 Å². The smallest absolute Gasteiger partial charge is 0.182 e. The van der Waals surface area contributed by atoms with E-state index >= 15 is 0 Å². The van der Waals surface area contributed by atoms with E-state index in [1.807, 2.05) is 0 Å². The molecule has 88 valence electrons. The van der Waals surface area contributed by atoms with E-state index in [-0.39, 0.29) is 10.6 Å². The number of halogens is 1. The number of hydrogen-bond donors (Lipinski definition) is 0. The maximum absolute atomic E-state index is 13.0. The zero-order valence-corrected chi connectivity index (χ0v) is 9.69. The first-order valence-electron chi connectivity index (χ1n) is 4.95. The quantitative estimate of drug-likeness (QED) is 0.840. The fourth-order valence-electron chi connectivity index (χ4n) is 1.45. The van der Waals surface area contributed by atoms with Crippen LogP contribution in [0.15, 0.2) is 53.7 Å². The molecule has 2 rings (SSSR count). The first-order valence-corrected chi connectivity index (χ1v) is 6.60. The van der Waals surface area contributed by atoms with Gasteiger partial charge in [-0.15, -0.1) is 0 Å². The van der Waals surface area contributed by atoms with Crippen LogP contribution in [0.3, 0.4) is 0 Å². The Morgan fingerprint density at radius 3 is 2.65 bits per heavy atom. The highest BCUT2D eigenvalue weighted by molar-refractivity contribution is 7.90. The van der Waals surface area contributed by atoms with Crippen molar-refractivity contribution >= 4 is 9.84 Å². The van der Waals surface area contributed by atoms with Gasteiger partial charge in [0.05, 0.1) is 10.6 Å². The lowest BCUT2D eigenvalue weighted by Gasteiger charge is -2.04. The monoisotopic (exact) mass is 251 g/mol. The Balaban J connectivity index is 2.32. The molecule has 0 aliphatic heterocycles. The lowest BCUT2D eigenvalue weighted by Crippen LogP contribution is -2.05. The first-order chi connectivity index (χ1) is 8.08. The molecule has 17 heavy (non-hydrogen) atoms. The summed E-state index contributed by atoms with van der Waals surface area (Å²) >= 11 is 0. The van der Waals surface area contributed by atoms with Crippen LogP contribution in [0.5, 0.6) is 0 Å². The molecule has 0 saturated heterocycles. The second-order valence-corrected chi connectivity index (χ2v) is 5.57. The molecule has 0 N–H and O–H groups in total. The molecule has 0 unspecified atom stereocenters.